The van der Waals surface area contributed by atoms with Crippen LogP contribution in [0, 0.1) is 5.92 Å². The van der Waals surface area contributed by atoms with Gasteiger partial charge in [-0.2, -0.15) is 0 Å². The maximum atomic E-state index is 11.8. The molecule has 19 heavy (non-hydrogen) atoms. The van der Waals surface area contributed by atoms with Gasteiger partial charge in [-0.25, -0.2) is 4.79 Å². The van der Waals surface area contributed by atoms with Crippen LogP contribution in [-0.4, -0.2) is 25.2 Å². The third kappa shape index (κ3) is 5.12. The number of carbonyl (C=O) groups is 2. The average Bonchev–Trinajstić information content (AvgIpc) is 2.44. The fraction of sp³-hybridized carbons (Fsp3) is 0.467. The molecule has 4 heteroatoms. The van der Waals surface area contributed by atoms with Gasteiger partial charge < -0.3 is 9.47 Å². The van der Waals surface area contributed by atoms with Gasteiger partial charge in [-0.05, 0) is 31.9 Å². The van der Waals surface area contributed by atoms with Crippen molar-refractivity contribution in [2.75, 3.05) is 7.11 Å². The zero-order valence-corrected chi connectivity index (χ0v) is 11.6. The fourth-order valence-corrected chi connectivity index (χ4v) is 1.69. The molecule has 0 aliphatic rings. The second-order valence-corrected chi connectivity index (χ2v) is 4.58. The Bertz CT molecular complexity index is 413. The summed E-state index contributed by atoms with van der Waals surface area (Å²) in [5.41, 5.74) is 0.537. The van der Waals surface area contributed by atoms with Gasteiger partial charge in [0.25, 0.3) is 0 Å². The van der Waals surface area contributed by atoms with E-state index in [9.17, 15) is 9.59 Å². The van der Waals surface area contributed by atoms with E-state index in [0.29, 0.717) is 18.4 Å². The highest BCUT2D eigenvalue weighted by molar-refractivity contribution is 5.89. The van der Waals surface area contributed by atoms with E-state index in [2.05, 4.69) is 4.74 Å². The summed E-state index contributed by atoms with van der Waals surface area (Å²) < 4.78 is 9.96. The summed E-state index contributed by atoms with van der Waals surface area (Å²) in [6, 6.07) is 8.86. The van der Waals surface area contributed by atoms with Crippen LogP contribution < -0.4 is 0 Å². The highest BCUT2D eigenvalue weighted by Crippen LogP contribution is 2.13. The zero-order chi connectivity index (χ0) is 14.3. The van der Waals surface area contributed by atoms with E-state index < -0.39 is 0 Å². The summed E-state index contributed by atoms with van der Waals surface area (Å²) in [5.74, 6) is -0.747. The Morgan fingerprint density at radius 3 is 2.32 bits per heavy atom. The van der Waals surface area contributed by atoms with Crippen molar-refractivity contribution in [3.8, 4) is 0 Å². The first-order valence-electron chi connectivity index (χ1n) is 6.38. The lowest BCUT2D eigenvalue weighted by Crippen LogP contribution is -2.18. The Balaban J connectivity index is 2.37. The van der Waals surface area contributed by atoms with Gasteiger partial charge in [-0.1, -0.05) is 25.1 Å². The number of benzene rings is 1. The first-order chi connectivity index (χ1) is 9.04. The minimum atomic E-state index is -0.334. The van der Waals surface area contributed by atoms with Crippen molar-refractivity contribution >= 4 is 11.9 Å². The molecular formula is C15H20O4. The summed E-state index contributed by atoms with van der Waals surface area (Å²) in [7, 11) is 1.37. The summed E-state index contributed by atoms with van der Waals surface area (Å²) in [6.45, 7) is 3.63. The molecule has 2 unspecified atom stereocenters. The first-order valence-corrected chi connectivity index (χ1v) is 6.38. The summed E-state index contributed by atoms with van der Waals surface area (Å²) in [5, 5.41) is 0. The molecule has 0 bridgehead atoms. The van der Waals surface area contributed by atoms with Crippen molar-refractivity contribution in [1.82, 2.24) is 0 Å². The van der Waals surface area contributed by atoms with E-state index in [1.807, 2.05) is 13.0 Å². The number of ether oxygens (including phenoxy) is 2. The molecule has 0 spiro atoms. The molecule has 0 saturated carbocycles. The van der Waals surface area contributed by atoms with Crippen LogP contribution >= 0.6 is 0 Å². The number of methoxy groups -OCH3 is 1. The highest BCUT2D eigenvalue weighted by Gasteiger charge is 2.17. The highest BCUT2D eigenvalue weighted by atomic mass is 16.5. The molecule has 0 fully saturated rings. The second kappa shape index (κ2) is 7.56. The van der Waals surface area contributed by atoms with E-state index in [0.717, 1.165) is 0 Å². The second-order valence-electron chi connectivity index (χ2n) is 4.58. The quantitative estimate of drug-likeness (QED) is 0.741. The fourth-order valence-electron chi connectivity index (χ4n) is 1.69. The third-order valence-corrected chi connectivity index (χ3v) is 2.93. The smallest absolute Gasteiger partial charge is 0.338 e. The number of esters is 2. The van der Waals surface area contributed by atoms with Crippen LogP contribution in [0.2, 0.25) is 0 Å². The number of rotatable bonds is 6. The largest absolute Gasteiger partial charge is 0.469 e. The molecule has 4 nitrogen and oxygen atoms in total. The zero-order valence-electron chi connectivity index (χ0n) is 11.6. The van der Waals surface area contributed by atoms with Gasteiger partial charge in [-0.15, -0.1) is 0 Å². The molecule has 1 aromatic carbocycles. The molecule has 0 heterocycles. The van der Waals surface area contributed by atoms with Crippen molar-refractivity contribution in [2.24, 2.45) is 5.92 Å². The maximum absolute atomic E-state index is 11.8. The minimum absolute atomic E-state index is 0.178. The van der Waals surface area contributed by atoms with Crippen molar-refractivity contribution in [2.45, 2.75) is 32.8 Å². The number of hydrogen-bond acceptors (Lipinski definition) is 4. The molecule has 2 atom stereocenters. The van der Waals surface area contributed by atoms with Gasteiger partial charge in [0.05, 0.1) is 24.7 Å². The van der Waals surface area contributed by atoms with E-state index >= 15 is 0 Å². The molecule has 0 aromatic heterocycles. The van der Waals surface area contributed by atoms with Gasteiger partial charge in [0.15, 0.2) is 0 Å². The number of carbonyl (C=O) groups excluding carboxylic acids is 2. The van der Waals surface area contributed by atoms with Gasteiger partial charge in [0, 0.05) is 0 Å². The molecule has 0 radical (unpaired) electrons. The van der Waals surface area contributed by atoms with Crippen LogP contribution in [0.4, 0.5) is 0 Å². The molecule has 1 aromatic rings. The molecule has 1 rings (SSSR count). The molecule has 0 amide bonds. The lowest BCUT2D eigenvalue weighted by atomic mass is 10.0. The van der Waals surface area contributed by atoms with Crippen molar-refractivity contribution in [1.29, 1.82) is 0 Å². The Labute approximate surface area is 113 Å². The SMILES string of the molecule is COC(=O)C(C)CCC(C)OC(=O)c1ccccc1. The van der Waals surface area contributed by atoms with Crippen LogP contribution in [0.15, 0.2) is 30.3 Å². The van der Waals surface area contributed by atoms with Gasteiger partial charge in [0.2, 0.25) is 0 Å². The van der Waals surface area contributed by atoms with Gasteiger partial charge >= 0.3 is 11.9 Å². The Kier molecular flexibility index (Phi) is 6.06. The van der Waals surface area contributed by atoms with E-state index in [-0.39, 0.29) is 24.0 Å². The summed E-state index contributed by atoms with van der Waals surface area (Å²) >= 11 is 0. The molecule has 0 N–H and O–H groups in total. The molecule has 104 valence electrons. The molecular weight excluding hydrogens is 244 g/mol. The van der Waals surface area contributed by atoms with Crippen LogP contribution in [0.3, 0.4) is 0 Å². The van der Waals surface area contributed by atoms with Gasteiger partial charge in [0.1, 0.15) is 0 Å². The Morgan fingerprint density at radius 2 is 1.74 bits per heavy atom. The topological polar surface area (TPSA) is 52.6 Å². The lowest BCUT2D eigenvalue weighted by molar-refractivity contribution is -0.145. The lowest BCUT2D eigenvalue weighted by Gasteiger charge is -2.15. The predicted molar refractivity (Wildman–Crippen MR) is 71.7 cm³/mol. The van der Waals surface area contributed by atoms with Crippen LogP contribution in [-0.2, 0) is 14.3 Å². The molecule has 0 aliphatic carbocycles. The Hall–Kier alpha value is -1.84. The Morgan fingerprint density at radius 1 is 1.11 bits per heavy atom. The monoisotopic (exact) mass is 264 g/mol. The predicted octanol–water partition coefficient (Wildman–Crippen LogP) is 2.82. The average molecular weight is 264 g/mol. The third-order valence-electron chi connectivity index (χ3n) is 2.93. The van der Waals surface area contributed by atoms with Crippen molar-refractivity contribution in [3.05, 3.63) is 35.9 Å². The van der Waals surface area contributed by atoms with Crippen LogP contribution in [0.25, 0.3) is 0 Å². The summed E-state index contributed by atoms with van der Waals surface area (Å²) in [6.07, 6.45) is 1.05. The molecule has 0 aliphatic heterocycles. The summed E-state index contributed by atoms with van der Waals surface area (Å²) in [4.78, 5) is 23.0. The van der Waals surface area contributed by atoms with Gasteiger partial charge in [-0.3, -0.25) is 4.79 Å². The van der Waals surface area contributed by atoms with E-state index in [1.165, 1.54) is 7.11 Å². The standard InChI is InChI=1S/C15H20O4/c1-11(14(16)18-3)9-10-12(2)19-15(17)13-7-5-4-6-8-13/h4-8,11-12H,9-10H2,1-3H3. The van der Waals surface area contributed by atoms with E-state index in [1.54, 1.807) is 31.2 Å². The first kappa shape index (κ1) is 15.2. The molecule has 0 saturated heterocycles. The van der Waals surface area contributed by atoms with E-state index in [4.69, 9.17) is 4.74 Å². The van der Waals surface area contributed by atoms with Crippen LogP contribution in [0.5, 0.6) is 0 Å². The van der Waals surface area contributed by atoms with Crippen molar-refractivity contribution in [3.63, 3.8) is 0 Å². The number of hydrogen-bond donors (Lipinski definition) is 0. The van der Waals surface area contributed by atoms with Crippen LogP contribution in [0.1, 0.15) is 37.0 Å². The normalized spacial score (nSPS) is 13.4. The van der Waals surface area contributed by atoms with Crippen molar-refractivity contribution < 1.29 is 19.1 Å². The maximum Gasteiger partial charge on any atom is 0.338 e. The minimum Gasteiger partial charge on any atom is -0.469 e.